The number of nitrogens with one attached hydrogen (secondary N) is 1. The van der Waals surface area contributed by atoms with Gasteiger partial charge in [-0.2, -0.15) is 0 Å². The molecule has 1 N–H and O–H groups in total. The number of hydrogen-bond acceptors (Lipinski definition) is 4. The van der Waals surface area contributed by atoms with Crippen molar-refractivity contribution in [2.45, 2.75) is 10.1 Å². The third-order valence-corrected chi connectivity index (χ3v) is 5.27. The van der Waals surface area contributed by atoms with Crippen LogP contribution in [0.15, 0.2) is 58.6 Å². The zero-order valence-electron chi connectivity index (χ0n) is 13.1. The number of nitrogens with zero attached hydrogens (tertiary/aromatic N) is 1. The lowest BCUT2D eigenvalue weighted by Crippen LogP contribution is -1.96. The normalized spacial score (nSPS) is 11.6. The number of imidazole rings is 1. The predicted octanol–water partition coefficient (Wildman–Crippen LogP) is 4.01. The number of aromatic amines is 1. The van der Waals surface area contributed by atoms with Crippen LogP contribution in [0.3, 0.4) is 0 Å². The van der Waals surface area contributed by atoms with Crippen molar-refractivity contribution in [3.05, 3.63) is 54.3 Å². The molecule has 124 valence electrons. The maximum Gasteiger partial charge on any atom is 0.175 e. The van der Waals surface area contributed by atoms with Gasteiger partial charge < -0.3 is 4.98 Å². The molecule has 0 atom stereocenters. The van der Waals surface area contributed by atoms with E-state index >= 15 is 0 Å². The maximum atomic E-state index is 13.2. The van der Waals surface area contributed by atoms with Crippen molar-refractivity contribution in [1.29, 1.82) is 0 Å². The van der Waals surface area contributed by atoms with E-state index < -0.39 is 9.84 Å². The SMILES string of the molecule is CSc1nc(-c2ccc(S(C)(=O)=O)cc2)c(-c2ccc(F)cc2)[nH]1. The minimum atomic E-state index is -3.24. The van der Waals surface area contributed by atoms with E-state index in [1.807, 2.05) is 6.26 Å². The fourth-order valence-electron chi connectivity index (χ4n) is 2.34. The van der Waals surface area contributed by atoms with Crippen LogP contribution in [0.1, 0.15) is 0 Å². The summed E-state index contributed by atoms with van der Waals surface area (Å²) in [5.74, 6) is -0.303. The second-order valence-electron chi connectivity index (χ2n) is 5.27. The molecule has 0 bridgehead atoms. The van der Waals surface area contributed by atoms with E-state index in [0.29, 0.717) is 5.69 Å². The van der Waals surface area contributed by atoms with Gasteiger partial charge in [0.1, 0.15) is 5.82 Å². The summed E-state index contributed by atoms with van der Waals surface area (Å²) in [5.41, 5.74) is 3.07. The average Bonchev–Trinajstić information content (AvgIpc) is 2.99. The third kappa shape index (κ3) is 3.37. The van der Waals surface area contributed by atoms with Crippen LogP contribution in [-0.4, -0.2) is 30.9 Å². The zero-order chi connectivity index (χ0) is 17.3. The number of H-pyrrole nitrogens is 1. The first-order valence-corrected chi connectivity index (χ1v) is 10.2. The van der Waals surface area contributed by atoms with Crippen LogP contribution in [-0.2, 0) is 9.84 Å². The van der Waals surface area contributed by atoms with Gasteiger partial charge in [-0.1, -0.05) is 23.9 Å². The van der Waals surface area contributed by atoms with Gasteiger partial charge in [0.15, 0.2) is 15.0 Å². The number of halogens is 1. The van der Waals surface area contributed by atoms with Crippen LogP contribution in [0.2, 0.25) is 0 Å². The highest BCUT2D eigenvalue weighted by Gasteiger charge is 2.15. The molecule has 0 aliphatic carbocycles. The standard InChI is InChI=1S/C17H15FN2O2S2/c1-23-17-19-15(11-3-7-13(18)8-4-11)16(20-17)12-5-9-14(10-6-12)24(2,21)22/h3-10H,1-2H3,(H,19,20). The first-order valence-electron chi connectivity index (χ1n) is 7.09. The second kappa shape index (κ2) is 6.41. The van der Waals surface area contributed by atoms with Gasteiger partial charge in [-0.25, -0.2) is 17.8 Å². The second-order valence-corrected chi connectivity index (χ2v) is 8.08. The Morgan fingerprint density at radius 1 is 1.00 bits per heavy atom. The first kappa shape index (κ1) is 16.7. The molecular formula is C17H15FN2O2S2. The molecule has 0 aliphatic rings. The number of hydrogen-bond donors (Lipinski definition) is 1. The van der Waals surface area contributed by atoms with Crippen molar-refractivity contribution in [2.24, 2.45) is 0 Å². The molecule has 7 heteroatoms. The van der Waals surface area contributed by atoms with Gasteiger partial charge in [-0.3, -0.25) is 0 Å². The molecule has 24 heavy (non-hydrogen) atoms. The van der Waals surface area contributed by atoms with Gasteiger partial charge in [0.05, 0.1) is 16.3 Å². The number of rotatable bonds is 4. The van der Waals surface area contributed by atoms with E-state index in [9.17, 15) is 12.8 Å². The van der Waals surface area contributed by atoms with Crippen LogP contribution in [0.4, 0.5) is 4.39 Å². The van der Waals surface area contributed by atoms with Gasteiger partial charge >= 0.3 is 0 Å². The minimum Gasteiger partial charge on any atom is -0.332 e. The Hall–Kier alpha value is -2.12. The fraction of sp³-hybridized carbons (Fsp3) is 0.118. The van der Waals surface area contributed by atoms with Crippen molar-refractivity contribution < 1.29 is 12.8 Å². The zero-order valence-corrected chi connectivity index (χ0v) is 14.7. The highest BCUT2D eigenvalue weighted by molar-refractivity contribution is 7.98. The lowest BCUT2D eigenvalue weighted by Gasteiger charge is -2.04. The molecule has 0 fully saturated rings. The largest absolute Gasteiger partial charge is 0.332 e. The summed E-state index contributed by atoms with van der Waals surface area (Å²) in [4.78, 5) is 8.03. The van der Waals surface area contributed by atoms with Crippen LogP contribution in [0.5, 0.6) is 0 Å². The van der Waals surface area contributed by atoms with E-state index in [-0.39, 0.29) is 10.7 Å². The summed E-state index contributed by atoms with van der Waals surface area (Å²) in [6, 6.07) is 12.7. The molecule has 0 aliphatic heterocycles. The smallest absolute Gasteiger partial charge is 0.175 e. The van der Waals surface area contributed by atoms with Gasteiger partial charge in [0.25, 0.3) is 0 Å². The van der Waals surface area contributed by atoms with Gasteiger partial charge in [-0.05, 0) is 42.7 Å². The first-order chi connectivity index (χ1) is 11.4. The van der Waals surface area contributed by atoms with Gasteiger partial charge in [-0.15, -0.1) is 0 Å². The maximum absolute atomic E-state index is 13.2. The molecule has 1 heterocycles. The van der Waals surface area contributed by atoms with E-state index in [4.69, 9.17) is 0 Å². The molecule has 0 saturated heterocycles. The van der Waals surface area contributed by atoms with Crippen molar-refractivity contribution in [2.75, 3.05) is 12.5 Å². The fourth-order valence-corrected chi connectivity index (χ4v) is 3.36. The van der Waals surface area contributed by atoms with Crippen LogP contribution >= 0.6 is 11.8 Å². The molecule has 3 rings (SSSR count). The van der Waals surface area contributed by atoms with Gasteiger partial charge in [0, 0.05) is 17.4 Å². The number of benzene rings is 2. The monoisotopic (exact) mass is 362 g/mol. The summed E-state index contributed by atoms with van der Waals surface area (Å²) >= 11 is 1.47. The Kier molecular flexibility index (Phi) is 4.47. The molecule has 3 aromatic rings. The quantitative estimate of drug-likeness (QED) is 0.713. The molecule has 2 aromatic carbocycles. The lowest BCUT2D eigenvalue weighted by atomic mass is 10.1. The Labute approximate surface area is 144 Å². The Bertz CT molecular complexity index is 963. The van der Waals surface area contributed by atoms with Crippen LogP contribution in [0.25, 0.3) is 22.5 Å². The Morgan fingerprint density at radius 3 is 2.12 bits per heavy atom. The van der Waals surface area contributed by atoms with E-state index in [1.54, 1.807) is 36.4 Å². The van der Waals surface area contributed by atoms with Crippen LogP contribution in [0, 0.1) is 5.82 Å². The minimum absolute atomic E-state index is 0.259. The Balaban J connectivity index is 2.10. The van der Waals surface area contributed by atoms with Crippen LogP contribution < -0.4 is 0 Å². The molecule has 0 saturated carbocycles. The highest BCUT2D eigenvalue weighted by Crippen LogP contribution is 2.32. The van der Waals surface area contributed by atoms with E-state index in [2.05, 4.69) is 9.97 Å². The highest BCUT2D eigenvalue weighted by atomic mass is 32.2. The molecule has 1 aromatic heterocycles. The van der Waals surface area contributed by atoms with E-state index in [0.717, 1.165) is 22.0 Å². The molecular weight excluding hydrogens is 347 g/mol. The molecule has 0 amide bonds. The molecule has 4 nitrogen and oxygen atoms in total. The van der Waals surface area contributed by atoms with Crippen molar-refractivity contribution in [3.8, 4) is 22.5 Å². The summed E-state index contributed by atoms with van der Waals surface area (Å²) < 4.78 is 36.3. The number of aromatic nitrogens is 2. The Morgan fingerprint density at radius 2 is 1.58 bits per heavy atom. The van der Waals surface area contributed by atoms with Crippen molar-refractivity contribution in [1.82, 2.24) is 9.97 Å². The number of thioether (sulfide) groups is 1. The summed E-state index contributed by atoms with van der Waals surface area (Å²) in [7, 11) is -3.24. The average molecular weight is 362 g/mol. The summed E-state index contributed by atoms with van der Waals surface area (Å²) in [5, 5.41) is 0.733. The third-order valence-electron chi connectivity index (χ3n) is 3.56. The topological polar surface area (TPSA) is 62.8 Å². The predicted molar refractivity (Wildman–Crippen MR) is 94.3 cm³/mol. The molecule has 0 radical (unpaired) electrons. The number of sulfone groups is 1. The van der Waals surface area contributed by atoms with Crippen molar-refractivity contribution in [3.63, 3.8) is 0 Å². The molecule has 0 spiro atoms. The lowest BCUT2D eigenvalue weighted by molar-refractivity contribution is 0.602. The molecule has 0 unspecified atom stereocenters. The van der Waals surface area contributed by atoms with E-state index in [1.165, 1.54) is 30.2 Å². The van der Waals surface area contributed by atoms with Gasteiger partial charge in [0.2, 0.25) is 0 Å². The van der Waals surface area contributed by atoms with Crippen molar-refractivity contribution >= 4 is 21.6 Å². The summed E-state index contributed by atoms with van der Waals surface area (Å²) in [6.45, 7) is 0. The summed E-state index contributed by atoms with van der Waals surface area (Å²) in [6.07, 6.45) is 3.08.